The Morgan fingerprint density at radius 3 is 2.37 bits per heavy atom. The van der Waals surface area contributed by atoms with Crippen molar-refractivity contribution in [3.05, 3.63) is 62.0 Å². The topological polar surface area (TPSA) is 38.0 Å². The number of anilines is 1. The van der Waals surface area contributed by atoms with Crippen molar-refractivity contribution in [3.63, 3.8) is 0 Å². The molecule has 2 rings (SSSR count). The summed E-state index contributed by atoms with van der Waals surface area (Å²) in [5.74, 6) is 0. The molecule has 0 aromatic heterocycles. The third-order valence-electron chi connectivity index (χ3n) is 2.77. The van der Waals surface area contributed by atoms with Gasteiger partial charge in [0, 0.05) is 21.2 Å². The highest BCUT2D eigenvalue weighted by molar-refractivity contribution is 9.10. The van der Waals surface area contributed by atoms with E-state index in [1.165, 1.54) is 0 Å². The molecular weight excluding hydrogens is 391 g/mol. The van der Waals surface area contributed by atoms with Crippen molar-refractivity contribution >= 4 is 49.1 Å². The molecule has 3 N–H and O–H groups in total. The van der Waals surface area contributed by atoms with Crippen LogP contribution in [0.3, 0.4) is 0 Å². The van der Waals surface area contributed by atoms with Gasteiger partial charge in [-0.05, 0) is 51.8 Å². The third kappa shape index (κ3) is 3.96. The fourth-order valence-electron chi connectivity index (χ4n) is 1.76. The van der Waals surface area contributed by atoms with Gasteiger partial charge in [-0.25, -0.2) is 0 Å². The van der Waals surface area contributed by atoms with E-state index in [2.05, 4.69) is 49.3 Å². The maximum absolute atomic E-state index is 6.08. The lowest BCUT2D eigenvalue weighted by Crippen LogP contribution is -2.20. The summed E-state index contributed by atoms with van der Waals surface area (Å²) in [7, 11) is 0. The summed E-state index contributed by atoms with van der Waals surface area (Å²) in [6.07, 6.45) is 0. The quantitative estimate of drug-likeness (QED) is 0.754. The molecule has 2 aromatic carbocycles. The first-order valence-corrected chi connectivity index (χ1v) is 7.73. The van der Waals surface area contributed by atoms with Crippen LogP contribution in [0.15, 0.2) is 51.4 Å². The highest BCUT2D eigenvalue weighted by Gasteiger charge is 2.10. The first-order valence-electron chi connectivity index (χ1n) is 5.77. The number of nitrogens with two attached hydrogens (primary N) is 1. The molecule has 0 radical (unpaired) electrons. The summed E-state index contributed by atoms with van der Waals surface area (Å²) in [6, 6.07) is 13.9. The average molecular weight is 405 g/mol. The van der Waals surface area contributed by atoms with E-state index in [1.54, 1.807) is 0 Å². The predicted octanol–water partition coefficient (Wildman–Crippen LogP) is 4.98. The van der Waals surface area contributed by atoms with E-state index in [0.29, 0.717) is 11.6 Å². The lowest BCUT2D eigenvalue weighted by atomic mass is 10.1. The summed E-state index contributed by atoms with van der Waals surface area (Å²) < 4.78 is 1.94. The maximum atomic E-state index is 6.08. The first kappa shape index (κ1) is 14.9. The van der Waals surface area contributed by atoms with Crippen LogP contribution in [0.1, 0.15) is 11.6 Å². The minimum Gasteiger partial charge on any atom is -0.377 e. The largest absolute Gasteiger partial charge is 0.377 e. The van der Waals surface area contributed by atoms with Crippen LogP contribution in [0.4, 0.5) is 5.69 Å². The lowest BCUT2D eigenvalue weighted by Gasteiger charge is -2.19. The molecule has 0 saturated carbocycles. The molecule has 5 heteroatoms. The van der Waals surface area contributed by atoms with Crippen LogP contribution < -0.4 is 11.1 Å². The van der Waals surface area contributed by atoms with E-state index in [1.807, 2.05) is 30.3 Å². The molecule has 0 aliphatic carbocycles. The van der Waals surface area contributed by atoms with Crippen LogP contribution in [0.25, 0.3) is 0 Å². The zero-order valence-corrected chi connectivity index (χ0v) is 14.0. The number of hydrogen-bond acceptors (Lipinski definition) is 2. The smallest absolute Gasteiger partial charge is 0.0636 e. The van der Waals surface area contributed by atoms with Crippen molar-refractivity contribution in [1.29, 1.82) is 0 Å². The fourth-order valence-corrected chi connectivity index (χ4v) is 2.45. The molecule has 0 spiro atoms. The van der Waals surface area contributed by atoms with Gasteiger partial charge in [0.15, 0.2) is 0 Å². The van der Waals surface area contributed by atoms with Gasteiger partial charge in [0.1, 0.15) is 0 Å². The van der Waals surface area contributed by atoms with Crippen molar-refractivity contribution in [3.8, 4) is 0 Å². The molecule has 0 saturated heterocycles. The van der Waals surface area contributed by atoms with Crippen molar-refractivity contribution in [2.75, 3.05) is 11.9 Å². The monoisotopic (exact) mass is 402 g/mol. The maximum Gasteiger partial charge on any atom is 0.0636 e. The molecule has 0 amide bonds. The second-order valence-corrected chi connectivity index (χ2v) is 6.29. The molecule has 1 atom stereocenters. The van der Waals surface area contributed by atoms with Gasteiger partial charge in [-0.1, -0.05) is 39.7 Å². The van der Waals surface area contributed by atoms with Crippen molar-refractivity contribution in [2.45, 2.75) is 6.04 Å². The Labute approximate surface area is 134 Å². The summed E-state index contributed by atoms with van der Waals surface area (Å²) in [4.78, 5) is 0. The summed E-state index contributed by atoms with van der Waals surface area (Å²) in [5, 5.41) is 4.06. The Kier molecular flexibility index (Phi) is 5.28. The second-order valence-electron chi connectivity index (χ2n) is 4.11. The molecule has 1 unspecified atom stereocenters. The van der Waals surface area contributed by atoms with Gasteiger partial charge in [-0.2, -0.15) is 0 Å². The van der Waals surface area contributed by atoms with Crippen LogP contribution in [-0.2, 0) is 0 Å². The Morgan fingerprint density at radius 1 is 1.11 bits per heavy atom. The Bertz CT molecular complexity index is 558. The molecule has 2 aromatic rings. The number of nitrogens with one attached hydrogen (secondary N) is 1. The van der Waals surface area contributed by atoms with Gasteiger partial charge < -0.3 is 11.1 Å². The van der Waals surface area contributed by atoms with Crippen LogP contribution in [0.2, 0.25) is 5.02 Å². The standard InChI is InChI=1S/C14H13Br2ClN2/c15-10-3-1-9(2-4-10)14(8-18)19-11-5-6-12(16)13(17)7-11/h1-7,14,19H,8,18H2. The molecule has 0 aliphatic heterocycles. The van der Waals surface area contributed by atoms with E-state index >= 15 is 0 Å². The Balaban J connectivity index is 2.18. The Morgan fingerprint density at radius 2 is 1.79 bits per heavy atom. The predicted molar refractivity (Wildman–Crippen MR) is 88.7 cm³/mol. The Hall–Kier alpha value is -0.550. The first-order chi connectivity index (χ1) is 9.10. The van der Waals surface area contributed by atoms with Crippen molar-refractivity contribution in [2.24, 2.45) is 5.73 Å². The summed E-state index contributed by atoms with van der Waals surface area (Å²) in [6.45, 7) is 0.509. The molecule has 0 heterocycles. The SMILES string of the molecule is NCC(Nc1ccc(Br)c(Cl)c1)c1ccc(Br)cc1. The summed E-state index contributed by atoms with van der Waals surface area (Å²) >= 11 is 12.9. The highest BCUT2D eigenvalue weighted by Crippen LogP contribution is 2.28. The second kappa shape index (κ2) is 6.75. The lowest BCUT2D eigenvalue weighted by molar-refractivity contribution is 0.790. The normalized spacial score (nSPS) is 12.2. The average Bonchev–Trinajstić information content (AvgIpc) is 2.41. The third-order valence-corrected chi connectivity index (χ3v) is 4.53. The number of benzene rings is 2. The van der Waals surface area contributed by atoms with Crippen molar-refractivity contribution < 1.29 is 0 Å². The van der Waals surface area contributed by atoms with E-state index in [4.69, 9.17) is 17.3 Å². The molecular formula is C14H13Br2ClN2. The molecule has 0 fully saturated rings. The molecule has 0 bridgehead atoms. The van der Waals surface area contributed by atoms with Crippen LogP contribution >= 0.6 is 43.5 Å². The molecule has 100 valence electrons. The van der Waals surface area contributed by atoms with Crippen LogP contribution in [0, 0.1) is 0 Å². The van der Waals surface area contributed by atoms with Gasteiger partial charge >= 0.3 is 0 Å². The van der Waals surface area contributed by atoms with E-state index in [9.17, 15) is 0 Å². The van der Waals surface area contributed by atoms with Crippen LogP contribution in [-0.4, -0.2) is 6.54 Å². The number of hydrogen-bond donors (Lipinski definition) is 2. The van der Waals surface area contributed by atoms with E-state index in [-0.39, 0.29) is 6.04 Å². The summed E-state index contributed by atoms with van der Waals surface area (Å²) in [5.41, 5.74) is 7.94. The number of halogens is 3. The molecule has 19 heavy (non-hydrogen) atoms. The fraction of sp³-hybridized carbons (Fsp3) is 0.143. The minimum absolute atomic E-state index is 0.0605. The van der Waals surface area contributed by atoms with Gasteiger partial charge in [0.25, 0.3) is 0 Å². The molecule has 0 aliphatic rings. The van der Waals surface area contributed by atoms with Gasteiger partial charge in [-0.15, -0.1) is 0 Å². The molecule has 2 nitrogen and oxygen atoms in total. The minimum atomic E-state index is 0.0605. The van der Waals surface area contributed by atoms with Crippen LogP contribution in [0.5, 0.6) is 0 Å². The van der Waals surface area contributed by atoms with Crippen molar-refractivity contribution in [1.82, 2.24) is 0 Å². The highest BCUT2D eigenvalue weighted by atomic mass is 79.9. The number of rotatable bonds is 4. The van der Waals surface area contributed by atoms with Gasteiger partial charge in [0.2, 0.25) is 0 Å². The van der Waals surface area contributed by atoms with E-state index in [0.717, 1.165) is 20.2 Å². The van der Waals surface area contributed by atoms with E-state index < -0.39 is 0 Å². The zero-order chi connectivity index (χ0) is 13.8. The van der Waals surface area contributed by atoms with Gasteiger partial charge in [-0.3, -0.25) is 0 Å². The zero-order valence-electron chi connectivity index (χ0n) is 10.0. The van der Waals surface area contributed by atoms with Gasteiger partial charge in [0.05, 0.1) is 11.1 Å².